The van der Waals surface area contributed by atoms with Crippen molar-refractivity contribution in [2.45, 2.75) is 5.60 Å². The number of carboxylic acid groups (broad SMARTS) is 2. The number of ketones is 1. The summed E-state index contributed by atoms with van der Waals surface area (Å²) in [7, 11) is 0. The quantitative estimate of drug-likeness (QED) is 0.840. The molecule has 1 aliphatic rings. The standard InChI is InChI=1S/C16H10O6/c17-13-10-6-2-4-8-12(10)22-16(13,15(20)21)11-7-3-1-5-9(11)14(18)19/h1-8H,(H,18,19)(H,20,21). The van der Waals surface area contributed by atoms with E-state index >= 15 is 0 Å². The predicted octanol–water partition coefficient (Wildman–Crippen LogP) is 1.94. The summed E-state index contributed by atoms with van der Waals surface area (Å²) in [5.41, 5.74) is -2.74. The number of carbonyl (C=O) groups excluding carboxylic acids is 1. The SMILES string of the molecule is O=C(O)c1ccccc1C1(C(=O)O)Oc2ccccc2C1=O. The number of aliphatic carboxylic acids is 1. The van der Waals surface area contributed by atoms with Crippen LogP contribution in [0.2, 0.25) is 0 Å². The van der Waals surface area contributed by atoms with Gasteiger partial charge in [-0.1, -0.05) is 30.3 Å². The fourth-order valence-corrected chi connectivity index (χ4v) is 2.55. The Morgan fingerprint density at radius 1 is 0.955 bits per heavy atom. The highest BCUT2D eigenvalue weighted by molar-refractivity contribution is 6.20. The molecule has 6 heteroatoms. The molecule has 0 radical (unpaired) electrons. The number of carboxylic acids is 2. The largest absolute Gasteiger partial charge is 0.478 e. The smallest absolute Gasteiger partial charge is 0.361 e. The van der Waals surface area contributed by atoms with E-state index in [1.165, 1.54) is 36.4 Å². The second kappa shape index (κ2) is 4.70. The lowest BCUT2D eigenvalue weighted by molar-refractivity contribution is -0.150. The molecule has 0 saturated heterocycles. The van der Waals surface area contributed by atoms with E-state index in [0.717, 1.165) is 0 Å². The van der Waals surface area contributed by atoms with E-state index in [1.807, 2.05) is 0 Å². The molecule has 1 atom stereocenters. The average Bonchev–Trinajstić information content (AvgIpc) is 2.82. The molecule has 3 rings (SSSR count). The second-order valence-electron chi connectivity index (χ2n) is 4.76. The van der Waals surface area contributed by atoms with Gasteiger partial charge >= 0.3 is 11.9 Å². The Hall–Kier alpha value is -3.15. The first-order chi connectivity index (χ1) is 10.5. The Bertz CT molecular complexity index is 810. The van der Waals surface area contributed by atoms with Crippen molar-refractivity contribution in [1.29, 1.82) is 0 Å². The molecule has 0 fully saturated rings. The first-order valence-electron chi connectivity index (χ1n) is 6.37. The third kappa shape index (κ3) is 1.70. The van der Waals surface area contributed by atoms with Crippen molar-refractivity contribution >= 4 is 17.7 Å². The van der Waals surface area contributed by atoms with Crippen LogP contribution in [-0.4, -0.2) is 27.9 Å². The fraction of sp³-hybridized carbons (Fsp3) is 0.0625. The van der Waals surface area contributed by atoms with E-state index in [-0.39, 0.29) is 22.4 Å². The van der Waals surface area contributed by atoms with E-state index in [4.69, 9.17) is 4.74 Å². The Labute approximate surface area is 124 Å². The third-order valence-electron chi connectivity index (χ3n) is 3.55. The minimum absolute atomic E-state index is 0.116. The van der Waals surface area contributed by atoms with Gasteiger partial charge in [-0.15, -0.1) is 0 Å². The highest BCUT2D eigenvalue weighted by atomic mass is 16.5. The number of ether oxygens (including phenoxy) is 1. The molecule has 1 heterocycles. The zero-order valence-electron chi connectivity index (χ0n) is 11.1. The van der Waals surface area contributed by atoms with Gasteiger partial charge < -0.3 is 14.9 Å². The monoisotopic (exact) mass is 298 g/mol. The minimum Gasteiger partial charge on any atom is -0.478 e. The maximum absolute atomic E-state index is 12.6. The Kier molecular flexibility index (Phi) is 2.95. The van der Waals surface area contributed by atoms with Gasteiger partial charge in [0.05, 0.1) is 11.1 Å². The van der Waals surface area contributed by atoms with Gasteiger partial charge in [0.1, 0.15) is 5.75 Å². The second-order valence-corrected chi connectivity index (χ2v) is 4.76. The van der Waals surface area contributed by atoms with E-state index in [2.05, 4.69) is 0 Å². The summed E-state index contributed by atoms with van der Waals surface area (Å²) < 4.78 is 5.43. The number of rotatable bonds is 3. The molecule has 2 aromatic carbocycles. The predicted molar refractivity (Wildman–Crippen MR) is 74.1 cm³/mol. The molecule has 1 aliphatic heterocycles. The summed E-state index contributed by atoms with van der Waals surface area (Å²) in [4.78, 5) is 35.8. The molecule has 0 aliphatic carbocycles. The van der Waals surface area contributed by atoms with Gasteiger partial charge in [0, 0.05) is 5.56 Å². The summed E-state index contributed by atoms with van der Waals surface area (Å²) in [6.45, 7) is 0. The van der Waals surface area contributed by atoms with Gasteiger partial charge in [-0.25, -0.2) is 9.59 Å². The molecule has 0 saturated carbocycles. The number of hydrogen-bond acceptors (Lipinski definition) is 4. The number of fused-ring (bicyclic) bond motifs is 1. The first-order valence-corrected chi connectivity index (χ1v) is 6.37. The van der Waals surface area contributed by atoms with Crippen LogP contribution in [0.4, 0.5) is 0 Å². The molecule has 0 spiro atoms. The molecule has 2 N–H and O–H groups in total. The number of carbonyl (C=O) groups is 3. The summed E-state index contributed by atoms with van der Waals surface area (Å²) in [6, 6.07) is 11.5. The van der Waals surface area contributed by atoms with Gasteiger partial charge in [-0.05, 0) is 18.2 Å². The molecular formula is C16H10O6. The van der Waals surface area contributed by atoms with Crippen LogP contribution in [0.1, 0.15) is 26.3 Å². The van der Waals surface area contributed by atoms with Crippen LogP contribution in [0.3, 0.4) is 0 Å². The molecule has 0 aromatic heterocycles. The van der Waals surface area contributed by atoms with E-state index in [1.54, 1.807) is 12.1 Å². The maximum Gasteiger partial charge on any atom is 0.361 e. The zero-order valence-corrected chi connectivity index (χ0v) is 11.1. The van der Waals surface area contributed by atoms with Gasteiger partial charge in [0.15, 0.2) is 0 Å². The van der Waals surface area contributed by atoms with Crippen molar-refractivity contribution in [1.82, 2.24) is 0 Å². The Balaban J connectivity index is 2.29. The minimum atomic E-state index is -2.38. The Morgan fingerprint density at radius 3 is 2.23 bits per heavy atom. The van der Waals surface area contributed by atoms with Gasteiger partial charge in [0.2, 0.25) is 5.78 Å². The number of hydrogen-bond donors (Lipinski definition) is 2. The van der Waals surface area contributed by atoms with Crippen LogP contribution < -0.4 is 4.74 Å². The van der Waals surface area contributed by atoms with E-state index < -0.39 is 23.3 Å². The van der Waals surface area contributed by atoms with Crippen LogP contribution in [0, 0.1) is 0 Å². The molecule has 1 unspecified atom stereocenters. The third-order valence-corrected chi connectivity index (χ3v) is 3.55. The lowest BCUT2D eigenvalue weighted by atomic mass is 9.85. The number of benzene rings is 2. The van der Waals surface area contributed by atoms with Crippen LogP contribution in [0.25, 0.3) is 0 Å². The molecule has 0 amide bonds. The zero-order chi connectivity index (χ0) is 15.9. The Morgan fingerprint density at radius 2 is 1.59 bits per heavy atom. The van der Waals surface area contributed by atoms with Gasteiger partial charge in [0.25, 0.3) is 5.60 Å². The number of para-hydroxylation sites is 1. The highest BCUT2D eigenvalue weighted by Gasteiger charge is 2.57. The summed E-state index contributed by atoms with van der Waals surface area (Å²) in [5, 5.41) is 18.9. The van der Waals surface area contributed by atoms with Crippen molar-refractivity contribution in [2.24, 2.45) is 0 Å². The summed E-state index contributed by atoms with van der Waals surface area (Å²) in [6.07, 6.45) is 0. The normalized spacial score (nSPS) is 19.4. The highest BCUT2D eigenvalue weighted by Crippen LogP contribution is 2.42. The summed E-state index contributed by atoms with van der Waals surface area (Å²) >= 11 is 0. The van der Waals surface area contributed by atoms with E-state index in [9.17, 15) is 24.6 Å². The molecule has 110 valence electrons. The van der Waals surface area contributed by atoms with Crippen molar-refractivity contribution in [2.75, 3.05) is 0 Å². The van der Waals surface area contributed by atoms with Crippen molar-refractivity contribution in [3.05, 3.63) is 65.2 Å². The first kappa shape index (κ1) is 13.8. The lowest BCUT2D eigenvalue weighted by Gasteiger charge is -2.24. The molecule has 0 bridgehead atoms. The number of Topliss-reactive ketones (excluding diaryl/α,β-unsaturated/α-hetero) is 1. The van der Waals surface area contributed by atoms with Gasteiger partial charge in [-0.3, -0.25) is 4.79 Å². The van der Waals surface area contributed by atoms with Crippen LogP contribution >= 0.6 is 0 Å². The average molecular weight is 298 g/mol. The molecular weight excluding hydrogens is 288 g/mol. The maximum atomic E-state index is 12.6. The van der Waals surface area contributed by atoms with Crippen molar-refractivity contribution in [3.8, 4) is 5.75 Å². The van der Waals surface area contributed by atoms with Crippen molar-refractivity contribution < 1.29 is 29.3 Å². The molecule has 6 nitrogen and oxygen atoms in total. The van der Waals surface area contributed by atoms with E-state index in [0.29, 0.717) is 0 Å². The summed E-state index contributed by atoms with van der Waals surface area (Å²) in [5.74, 6) is -3.55. The molecule has 22 heavy (non-hydrogen) atoms. The number of aromatic carboxylic acids is 1. The van der Waals surface area contributed by atoms with Crippen LogP contribution in [0.5, 0.6) is 5.75 Å². The van der Waals surface area contributed by atoms with Gasteiger partial charge in [-0.2, -0.15) is 0 Å². The fourth-order valence-electron chi connectivity index (χ4n) is 2.55. The van der Waals surface area contributed by atoms with Crippen molar-refractivity contribution in [3.63, 3.8) is 0 Å². The lowest BCUT2D eigenvalue weighted by Crippen LogP contribution is -2.46. The topological polar surface area (TPSA) is 101 Å². The molecule has 2 aromatic rings. The van der Waals surface area contributed by atoms with Crippen LogP contribution in [0.15, 0.2) is 48.5 Å². The van der Waals surface area contributed by atoms with Crippen LogP contribution in [-0.2, 0) is 10.4 Å².